The van der Waals surface area contributed by atoms with E-state index in [1.54, 1.807) is 4.31 Å². The van der Waals surface area contributed by atoms with Gasteiger partial charge in [-0.2, -0.15) is 9.40 Å². The number of hydrogen-bond acceptors (Lipinski definition) is 4. The van der Waals surface area contributed by atoms with Gasteiger partial charge in [0.15, 0.2) is 0 Å². The molecule has 1 aromatic rings. The smallest absolute Gasteiger partial charge is 0.246 e. The molecular formula is C11H20N4O2S. The highest BCUT2D eigenvalue weighted by molar-refractivity contribution is 7.89. The van der Waals surface area contributed by atoms with E-state index in [-0.39, 0.29) is 10.9 Å². The molecule has 1 aromatic heterocycles. The maximum atomic E-state index is 12.4. The van der Waals surface area contributed by atoms with Gasteiger partial charge in [-0.25, -0.2) is 8.42 Å². The molecule has 1 fully saturated rings. The highest BCUT2D eigenvalue weighted by atomic mass is 32.2. The molecule has 1 aliphatic rings. The van der Waals surface area contributed by atoms with Gasteiger partial charge < -0.3 is 5.32 Å². The summed E-state index contributed by atoms with van der Waals surface area (Å²) in [5.41, 5.74) is 0. The van der Waals surface area contributed by atoms with Gasteiger partial charge in [-0.3, -0.25) is 5.10 Å². The van der Waals surface area contributed by atoms with Crippen LogP contribution in [0.3, 0.4) is 0 Å². The molecule has 0 aliphatic carbocycles. The van der Waals surface area contributed by atoms with Crippen molar-refractivity contribution in [3.05, 3.63) is 12.4 Å². The molecule has 1 saturated heterocycles. The minimum atomic E-state index is -3.41. The van der Waals surface area contributed by atoms with Crippen molar-refractivity contribution in [2.24, 2.45) is 0 Å². The van der Waals surface area contributed by atoms with Gasteiger partial charge in [-0.1, -0.05) is 6.92 Å². The standard InChI is InChI=1S/C11H20N4O2S/c1-2-6-15(9-10-4-3-5-12-10)18(16,17)11-7-13-14-8-11/h7-8,10,12H,2-6,9H2,1H3,(H,13,14). The van der Waals surface area contributed by atoms with Crippen molar-refractivity contribution in [3.63, 3.8) is 0 Å². The van der Waals surface area contributed by atoms with Gasteiger partial charge >= 0.3 is 0 Å². The van der Waals surface area contributed by atoms with E-state index in [1.165, 1.54) is 12.4 Å². The Bertz CT molecular complexity index is 451. The summed E-state index contributed by atoms with van der Waals surface area (Å²) in [6, 6.07) is 0.276. The van der Waals surface area contributed by atoms with Crippen LogP contribution in [-0.4, -0.2) is 48.6 Å². The summed E-state index contributed by atoms with van der Waals surface area (Å²) >= 11 is 0. The average molecular weight is 272 g/mol. The lowest BCUT2D eigenvalue weighted by Crippen LogP contribution is -2.41. The van der Waals surface area contributed by atoms with Gasteiger partial charge in [0.25, 0.3) is 0 Å². The molecule has 0 bridgehead atoms. The summed E-state index contributed by atoms with van der Waals surface area (Å²) in [7, 11) is -3.41. The van der Waals surface area contributed by atoms with Crippen molar-refractivity contribution in [1.82, 2.24) is 19.8 Å². The van der Waals surface area contributed by atoms with Crippen LogP contribution < -0.4 is 5.32 Å². The zero-order valence-electron chi connectivity index (χ0n) is 10.6. The number of sulfonamides is 1. The summed E-state index contributed by atoms with van der Waals surface area (Å²) in [5, 5.41) is 9.60. The Kier molecular flexibility index (Phi) is 4.36. The third-order valence-electron chi connectivity index (χ3n) is 3.17. The lowest BCUT2D eigenvalue weighted by atomic mass is 10.2. The van der Waals surface area contributed by atoms with Crippen LogP contribution >= 0.6 is 0 Å². The van der Waals surface area contributed by atoms with Crippen molar-refractivity contribution in [2.75, 3.05) is 19.6 Å². The number of rotatable bonds is 6. The predicted octanol–water partition coefficient (Wildman–Crippen LogP) is 0.562. The molecule has 0 spiro atoms. The first-order valence-electron chi connectivity index (χ1n) is 6.37. The molecule has 0 saturated carbocycles. The first-order chi connectivity index (χ1) is 8.64. The monoisotopic (exact) mass is 272 g/mol. The van der Waals surface area contributed by atoms with Crippen LogP contribution in [0.4, 0.5) is 0 Å². The Labute approximate surface area is 108 Å². The third-order valence-corrected chi connectivity index (χ3v) is 5.00. The minimum absolute atomic E-state index is 0.244. The van der Waals surface area contributed by atoms with E-state index in [4.69, 9.17) is 0 Å². The maximum absolute atomic E-state index is 12.4. The molecule has 2 rings (SSSR count). The van der Waals surface area contributed by atoms with Gasteiger partial charge in [0.05, 0.1) is 6.20 Å². The van der Waals surface area contributed by atoms with E-state index in [9.17, 15) is 8.42 Å². The van der Waals surface area contributed by atoms with Crippen molar-refractivity contribution in [1.29, 1.82) is 0 Å². The van der Waals surface area contributed by atoms with Crippen LogP contribution in [0.15, 0.2) is 17.3 Å². The molecule has 0 radical (unpaired) electrons. The summed E-state index contributed by atoms with van der Waals surface area (Å²) in [6.07, 6.45) is 5.77. The Hall–Kier alpha value is -0.920. The molecule has 0 aromatic carbocycles. The molecule has 0 amide bonds. The van der Waals surface area contributed by atoms with Crippen molar-refractivity contribution in [3.8, 4) is 0 Å². The Balaban J connectivity index is 2.13. The third kappa shape index (κ3) is 2.90. The van der Waals surface area contributed by atoms with E-state index in [0.717, 1.165) is 25.8 Å². The molecule has 102 valence electrons. The quantitative estimate of drug-likeness (QED) is 0.793. The van der Waals surface area contributed by atoms with Crippen LogP contribution in [0.5, 0.6) is 0 Å². The topological polar surface area (TPSA) is 78.1 Å². The van der Waals surface area contributed by atoms with E-state index in [1.807, 2.05) is 6.92 Å². The highest BCUT2D eigenvalue weighted by Crippen LogP contribution is 2.17. The van der Waals surface area contributed by atoms with Crippen LogP contribution in [0, 0.1) is 0 Å². The Morgan fingerprint density at radius 3 is 2.94 bits per heavy atom. The molecular weight excluding hydrogens is 252 g/mol. The summed E-state index contributed by atoms with van der Waals surface area (Å²) in [5.74, 6) is 0. The number of hydrogen-bond donors (Lipinski definition) is 2. The van der Waals surface area contributed by atoms with E-state index >= 15 is 0 Å². The zero-order chi connectivity index (χ0) is 13.0. The van der Waals surface area contributed by atoms with Gasteiger partial charge in [-0.05, 0) is 25.8 Å². The number of nitrogens with one attached hydrogen (secondary N) is 2. The molecule has 1 unspecified atom stereocenters. The first kappa shape index (κ1) is 13.5. The molecule has 1 aliphatic heterocycles. The van der Waals surface area contributed by atoms with Crippen LogP contribution in [0.25, 0.3) is 0 Å². The number of nitrogens with zero attached hydrogens (tertiary/aromatic N) is 2. The average Bonchev–Trinajstić information content (AvgIpc) is 3.01. The number of aromatic amines is 1. The highest BCUT2D eigenvalue weighted by Gasteiger charge is 2.28. The number of H-pyrrole nitrogens is 1. The second-order valence-electron chi connectivity index (χ2n) is 4.59. The SMILES string of the molecule is CCCN(CC1CCCN1)S(=O)(=O)c1cn[nH]c1. The lowest BCUT2D eigenvalue weighted by Gasteiger charge is -2.24. The first-order valence-corrected chi connectivity index (χ1v) is 7.81. The van der Waals surface area contributed by atoms with Crippen LogP contribution in [0.1, 0.15) is 26.2 Å². The van der Waals surface area contributed by atoms with Crippen molar-refractivity contribution in [2.45, 2.75) is 37.1 Å². The van der Waals surface area contributed by atoms with Crippen molar-refractivity contribution >= 4 is 10.0 Å². The van der Waals surface area contributed by atoms with Crippen LogP contribution in [-0.2, 0) is 10.0 Å². The zero-order valence-corrected chi connectivity index (χ0v) is 11.4. The molecule has 2 heterocycles. The van der Waals surface area contributed by atoms with E-state index < -0.39 is 10.0 Å². The number of aromatic nitrogens is 2. The second-order valence-corrected chi connectivity index (χ2v) is 6.53. The Morgan fingerprint density at radius 2 is 2.39 bits per heavy atom. The normalized spacial score (nSPS) is 20.7. The Morgan fingerprint density at radius 1 is 1.56 bits per heavy atom. The van der Waals surface area contributed by atoms with E-state index in [0.29, 0.717) is 13.1 Å². The molecule has 7 heteroatoms. The van der Waals surface area contributed by atoms with Crippen molar-refractivity contribution < 1.29 is 8.42 Å². The summed E-state index contributed by atoms with van der Waals surface area (Å²) in [6.45, 7) is 4.06. The summed E-state index contributed by atoms with van der Waals surface area (Å²) < 4.78 is 26.4. The van der Waals surface area contributed by atoms with Gasteiger partial charge in [0.1, 0.15) is 4.90 Å². The fourth-order valence-electron chi connectivity index (χ4n) is 2.25. The van der Waals surface area contributed by atoms with E-state index in [2.05, 4.69) is 15.5 Å². The maximum Gasteiger partial charge on any atom is 0.246 e. The van der Waals surface area contributed by atoms with Gasteiger partial charge in [0.2, 0.25) is 10.0 Å². The molecule has 18 heavy (non-hydrogen) atoms. The second kappa shape index (κ2) is 5.81. The van der Waals surface area contributed by atoms with Crippen LogP contribution in [0.2, 0.25) is 0 Å². The lowest BCUT2D eigenvalue weighted by molar-refractivity contribution is 0.369. The van der Waals surface area contributed by atoms with Gasteiger partial charge in [-0.15, -0.1) is 0 Å². The molecule has 6 nitrogen and oxygen atoms in total. The summed E-state index contributed by atoms with van der Waals surface area (Å²) in [4.78, 5) is 0.244. The fourth-order valence-corrected chi connectivity index (χ4v) is 3.73. The van der Waals surface area contributed by atoms with Gasteiger partial charge in [0, 0.05) is 25.3 Å². The predicted molar refractivity (Wildman–Crippen MR) is 68.7 cm³/mol. The molecule has 2 N–H and O–H groups in total. The largest absolute Gasteiger partial charge is 0.313 e. The minimum Gasteiger partial charge on any atom is -0.313 e. The fraction of sp³-hybridized carbons (Fsp3) is 0.727. The molecule has 1 atom stereocenters.